The zero-order valence-corrected chi connectivity index (χ0v) is 13.0. The summed E-state index contributed by atoms with van der Waals surface area (Å²) in [4.78, 5) is 6.33. The lowest BCUT2D eigenvalue weighted by Gasteiger charge is -2.24. The number of fused-ring (bicyclic) bond motifs is 1. The maximum Gasteiger partial charge on any atom is 0.207 e. The molecule has 2 aromatic heterocycles. The summed E-state index contributed by atoms with van der Waals surface area (Å²) in [6, 6.07) is 0.675. The molecule has 4 rings (SSSR count). The Bertz CT molecular complexity index is 684. The zero-order valence-electron chi connectivity index (χ0n) is 13.0. The lowest BCUT2D eigenvalue weighted by molar-refractivity contribution is 0.277. The molecule has 0 spiro atoms. The van der Waals surface area contributed by atoms with E-state index in [1.165, 1.54) is 17.5 Å². The van der Waals surface area contributed by atoms with Crippen LogP contribution in [0.5, 0.6) is 0 Å². The standard InChI is InChI=1S/C16H22N6/c1-10-15(14-4-2-3-11(14)9-18-10)16-19-21-22(20-16)13-7-5-12(17)6-8-13/h9,12-13H,2-8,17H2,1H3. The number of hydrogen-bond donors (Lipinski definition) is 1. The van der Waals surface area contributed by atoms with Gasteiger partial charge < -0.3 is 5.73 Å². The molecule has 0 unspecified atom stereocenters. The van der Waals surface area contributed by atoms with Crippen LogP contribution < -0.4 is 5.73 Å². The number of nitrogens with zero attached hydrogens (tertiary/aromatic N) is 5. The molecule has 0 radical (unpaired) electrons. The predicted octanol–water partition coefficient (Wildman–Crippen LogP) is 1.97. The van der Waals surface area contributed by atoms with Gasteiger partial charge >= 0.3 is 0 Å². The Labute approximate surface area is 130 Å². The molecule has 1 fully saturated rings. The fourth-order valence-electron chi connectivity index (χ4n) is 3.76. The molecule has 2 heterocycles. The number of hydrogen-bond acceptors (Lipinski definition) is 5. The third-order valence-corrected chi connectivity index (χ3v) is 5.06. The highest BCUT2D eigenvalue weighted by atomic mass is 15.6. The van der Waals surface area contributed by atoms with Gasteiger partial charge in [0, 0.05) is 23.5 Å². The number of nitrogens with two attached hydrogens (primary N) is 1. The van der Waals surface area contributed by atoms with Gasteiger partial charge in [-0.2, -0.15) is 4.80 Å². The molecule has 0 atom stereocenters. The van der Waals surface area contributed by atoms with Gasteiger partial charge in [0.1, 0.15) is 0 Å². The van der Waals surface area contributed by atoms with E-state index >= 15 is 0 Å². The van der Waals surface area contributed by atoms with Crippen LogP contribution in [0.25, 0.3) is 11.4 Å². The molecule has 0 aromatic carbocycles. The lowest BCUT2D eigenvalue weighted by Crippen LogP contribution is -2.28. The minimum Gasteiger partial charge on any atom is -0.328 e. The Morgan fingerprint density at radius 1 is 1.18 bits per heavy atom. The molecule has 0 bridgehead atoms. The lowest BCUT2D eigenvalue weighted by atomic mass is 9.92. The molecule has 2 aliphatic carbocycles. The molecule has 6 nitrogen and oxygen atoms in total. The van der Waals surface area contributed by atoms with Crippen LogP contribution in [0.15, 0.2) is 6.20 Å². The number of aromatic nitrogens is 5. The highest BCUT2D eigenvalue weighted by molar-refractivity contribution is 5.65. The molecule has 2 aliphatic rings. The van der Waals surface area contributed by atoms with Gasteiger partial charge in [0.2, 0.25) is 5.82 Å². The SMILES string of the molecule is Cc1ncc2c(c1-c1nnn(C3CCC(N)CC3)n1)CCC2. The first kappa shape index (κ1) is 13.8. The summed E-state index contributed by atoms with van der Waals surface area (Å²) in [7, 11) is 0. The Morgan fingerprint density at radius 2 is 2.00 bits per heavy atom. The van der Waals surface area contributed by atoms with Crippen molar-refractivity contribution < 1.29 is 0 Å². The van der Waals surface area contributed by atoms with Gasteiger partial charge in [-0.25, -0.2) is 0 Å². The van der Waals surface area contributed by atoms with Crippen molar-refractivity contribution in [1.29, 1.82) is 0 Å². The molecule has 0 amide bonds. The third kappa shape index (κ3) is 2.31. The molecular formula is C16H22N6. The molecular weight excluding hydrogens is 276 g/mol. The summed E-state index contributed by atoms with van der Waals surface area (Å²) < 4.78 is 0. The smallest absolute Gasteiger partial charge is 0.207 e. The van der Waals surface area contributed by atoms with Crippen molar-refractivity contribution in [3.8, 4) is 11.4 Å². The number of pyridine rings is 1. The molecule has 1 saturated carbocycles. The van der Waals surface area contributed by atoms with Crippen molar-refractivity contribution in [2.24, 2.45) is 5.73 Å². The van der Waals surface area contributed by atoms with E-state index in [0.29, 0.717) is 12.1 Å². The second-order valence-corrected chi connectivity index (χ2v) is 6.58. The van der Waals surface area contributed by atoms with Crippen molar-refractivity contribution in [3.63, 3.8) is 0 Å². The van der Waals surface area contributed by atoms with Crippen LogP contribution in [0.1, 0.15) is 55.0 Å². The van der Waals surface area contributed by atoms with Crippen LogP contribution >= 0.6 is 0 Å². The van der Waals surface area contributed by atoms with E-state index in [9.17, 15) is 0 Å². The van der Waals surface area contributed by atoms with Gasteiger partial charge in [-0.05, 0) is 68.2 Å². The molecule has 2 aromatic rings. The van der Waals surface area contributed by atoms with E-state index in [1.807, 2.05) is 13.1 Å². The highest BCUT2D eigenvalue weighted by Gasteiger charge is 2.25. The van der Waals surface area contributed by atoms with Gasteiger partial charge in [-0.15, -0.1) is 10.2 Å². The number of tetrazole rings is 1. The van der Waals surface area contributed by atoms with Gasteiger partial charge in [0.05, 0.1) is 6.04 Å². The number of rotatable bonds is 2. The van der Waals surface area contributed by atoms with E-state index < -0.39 is 0 Å². The molecule has 116 valence electrons. The molecule has 6 heteroatoms. The van der Waals surface area contributed by atoms with Gasteiger partial charge in [-0.1, -0.05) is 0 Å². The van der Waals surface area contributed by atoms with Gasteiger partial charge in [-0.3, -0.25) is 4.98 Å². The van der Waals surface area contributed by atoms with Crippen LogP contribution in [0.4, 0.5) is 0 Å². The fourth-order valence-corrected chi connectivity index (χ4v) is 3.76. The minimum absolute atomic E-state index is 0.336. The Kier molecular flexibility index (Phi) is 3.41. The van der Waals surface area contributed by atoms with Crippen LogP contribution in [0.3, 0.4) is 0 Å². The van der Waals surface area contributed by atoms with Crippen LogP contribution in [-0.4, -0.2) is 31.2 Å². The monoisotopic (exact) mass is 298 g/mol. The Balaban J connectivity index is 1.66. The summed E-state index contributed by atoms with van der Waals surface area (Å²) >= 11 is 0. The maximum absolute atomic E-state index is 5.98. The van der Waals surface area contributed by atoms with E-state index in [1.54, 1.807) is 4.80 Å². The maximum atomic E-state index is 5.98. The average Bonchev–Trinajstić information content (AvgIpc) is 3.17. The molecule has 0 aliphatic heterocycles. The van der Waals surface area contributed by atoms with Crippen molar-refractivity contribution >= 4 is 0 Å². The Hall–Kier alpha value is -1.82. The van der Waals surface area contributed by atoms with Crippen molar-refractivity contribution in [2.75, 3.05) is 0 Å². The normalized spacial score (nSPS) is 24.5. The Morgan fingerprint density at radius 3 is 2.82 bits per heavy atom. The van der Waals surface area contributed by atoms with Crippen molar-refractivity contribution in [3.05, 3.63) is 23.0 Å². The third-order valence-electron chi connectivity index (χ3n) is 5.06. The largest absolute Gasteiger partial charge is 0.328 e. The molecule has 22 heavy (non-hydrogen) atoms. The highest BCUT2D eigenvalue weighted by Crippen LogP contribution is 2.32. The summed E-state index contributed by atoms with van der Waals surface area (Å²) in [6.07, 6.45) is 9.59. The zero-order chi connectivity index (χ0) is 15.1. The predicted molar refractivity (Wildman–Crippen MR) is 83.3 cm³/mol. The first-order valence-electron chi connectivity index (χ1n) is 8.25. The van der Waals surface area contributed by atoms with E-state index in [4.69, 9.17) is 5.73 Å². The summed E-state index contributed by atoms with van der Waals surface area (Å²) in [5, 5.41) is 13.3. The van der Waals surface area contributed by atoms with E-state index in [0.717, 1.165) is 55.6 Å². The van der Waals surface area contributed by atoms with E-state index in [2.05, 4.69) is 20.4 Å². The van der Waals surface area contributed by atoms with Crippen LogP contribution in [-0.2, 0) is 12.8 Å². The second-order valence-electron chi connectivity index (χ2n) is 6.58. The summed E-state index contributed by atoms with van der Waals surface area (Å²) in [5.74, 6) is 0.735. The number of aryl methyl sites for hydroxylation is 2. The van der Waals surface area contributed by atoms with Crippen molar-refractivity contribution in [1.82, 2.24) is 25.2 Å². The first-order valence-corrected chi connectivity index (χ1v) is 8.25. The first-order chi connectivity index (χ1) is 10.7. The van der Waals surface area contributed by atoms with Gasteiger partial charge in [0.25, 0.3) is 0 Å². The molecule has 2 N–H and O–H groups in total. The van der Waals surface area contributed by atoms with Gasteiger partial charge in [0.15, 0.2) is 0 Å². The fraction of sp³-hybridized carbons (Fsp3) is 0.625. The summed E-state index contributed by atoms with van der Waals surface area (Å²) in [5.41, 5.74) is 10.8. The van der Waals surface area contributed by atoms with Crippen LogP contribution in [0.2, 0.25) is 0 Å². The summed E-state index contributed by atoms with van der Waals surface area (Å²) in [6.45, 7) is 2.04. The second kappa shape index (κ2) is 5.43. The molecule has 0 saturated heterocycles. The van der Waals surface area contributed by atoms with E-state index in [-0.39, 0.29) is 0 Å². The van der Waals surface area contributed by atoms with Crippen LogP contribution in [0, 0.1) is 6.92 Å². The minimum atomic E-state index is 0.336. The topological polar surface area (TPSA) is 82.5 Å². The van der Waals surface area contributed by atoms with Crippen molar-refractivity contribution in [2.45, 2.75) is 64.0 Å². The quantitative estimate of drug-likeness (QED) is 0.916. The average molecular weight is 298 g/mol.